The minimum atomic E-state index is -1.09. The lowest BCUT2D eigenvalue weighted by Gasteiger charge is -2.45. The number of aldehydes is 1. The summed E-state index contributed by atoms with van der Waals surface area (Å²) in [5, 5.41) is 23.7. The third kappa shape index (κ3) is 5.38. The zero-order valence-electron chi connectivity index (χ0n) is 21.7. The monoisotopic (exact) mass is 514 g/mol. The number of ether oxygens (including phenoxy) is 2. The van der Waals surface area contributed by atoms with E-state index in [0.717, 1.165) is 44.9 Å². The lowest BCUT2D eigenvalue weighted by molar-refractivity contribution is -0.141. The molecule has 1 aromatic rings. The van der Waals surface area contributed by atoms with Crippen molar-refractivity contribution in [3.05, 3.63) is 34.9 Å². The summed E-state index contributed by atoms with van der Waals surface area (Å²) in [5.74, 6) is -0.370. The number of carbonyl (C=O) groups is 3. The van der Waals surface area contributed by atoms with Gasteiger partial charge in [0.2, 0.25) is 11.8 Å². The summed E-state index contributed by atoms with van der Waals surface area (Å²) in [6.45, 7) is 1.87. The van der Waals surface area contributed by atoms with Gasteiger partial charge in [-0.2, -0.15) is 0 Å². The first kappa shape index (κ1) is 27.1. The highest BCUT2D eigenvalue weighted by Gasteiger charge is 2.52. The van der Waals surface area contributed by atoms with E-state index in [1.54, 1.807) is 23.1 Å². The van der Waals surface area contributed by atoms with Crippen LogP contribution in [0.1, 0.15) is 80.1 Å². The molecule has 1 fully saturated rings. The van der Waals surface area contributed by atoms with E-state index in [1.165, 1.54) is 7.11 Å². The fraction of sp³-hybridized carbons (Fsp3) is 0.607. The zero-order chi connectivity index (χ0) is 26.5. The highest BCUT2D eigenvalue weighted by Crippen LogP contribution is 2.51. The van der Waals surface area contributed by atoms with Gasteiger partial charge in [0.25, 0.3) is 0 Å². The number of amides is 2. The van der Waals surface area contributed by atoms with E-state index >= 15 is 0 Å². The van der Waals surface area contributed by atoms with Gasteiger partial charge >= 0.3 is 0 Å². The average molecular weight is 515 g/mol. The van der Waals surface area contributed by atoms with Crippen molar-refractivity contribution in [2.75, 3.05) is 20.3 Å². The lowest BCUT2D eigenvalue weighted by Crippen LogP contribution is -2.58. The molecule has 3 N–H and O–H groups in total. The van der Waals surface area contributed by atoms with Crippen LogP contribution in [0, 0.1) is 0 Å². The number of fused-ring (bicyclic) bond motifs is 3. The van der Waals surface area contributed by atoms with Crippen molar-refractivity contribution in [1.29, 1.82) is 0 Å². The van der Waals surface area contributed by atoms with E-state index in [9.17, 15) is 24.6 Å². The molecule has 4 rings (SSSR count). The number of aliphatic hydroxyl groups excluding tert-OH is 2. The predicted molar refractivity (Wildman–Crippen MR) is 137 cm³/mol. The molecular formula is C28H38N2O7. The standard InChI is InChI=1S/C28H38N2O7/c1-3-4-10-23(33)30(18-8-6-5-7-9-18)21-15-20(28(35)29-11-12-31)24-19-13-17(16-32)14-22(36-2)26(19)37-27(24)25(21)34/h13-16,18,21,24-25,27,31,34H,3-12H2,1-2H3,(H,29,35)/t21-,24+,25+,27+/m1/s1. The third-order valence-electron chi connectivity index (χ3n) is 7.73. The fourth-order valence-electron chi connectivity index (χ4n) is 5.96. The van der Waals surface area contributed by atoms with Crippen LogP contribution >= 0.6 is 0 Å². The maximum atomic E-state index is 13.5. The first-order valence-corrected chi connectivity index (χ1v) is 13.4. The number of nitrogens with zero attached hydrogens (tertiary/aromatic N) is 1. The van der Waals surface area contributed by atoms with E-state index in [4.69, 9.17) is 9.47 Å². The lowest BCUT2D eigenvalue weighted by atomic mass is 9.76. The molecule has 202 valence electrons. The molecule has 0 bridgehead atoms. The van der Waals surface area contributed by atoms with Crippen LogP contribution in [0.25, 0.3) is 0 Å². The van der Waals surface area contributed by atoms with Crippen LogP contribution < -0.4 is 14.8 Å². The molecule has 37 heavy (non-hydrogen) atoms. The maximum Gasteiger partial charge on any atom is 0.247 e. The predicted octanol–water partition coefficient (Wildman–Crippen LogP) is 2.48. The molecule has 1 aromatic carbocycles. The molecule has 2 aliphatic carbocycles. The van der Waals surface area contributed by atoms with Crippen molar-refractivity contribution in [3.8, 4) is 11.5 Å². The molecule has 0 radical (unpaired) electrons. The molecule has 3 aliphatic rings. The van der Waals surface area contributed by atoms with E-state index in [-0.39, 0.29) is 25.1 Å². The Morgan fingerprint density at radius 3 is 2.65 bits per heavy atom. The summed E-state index contributed by atoms with van der Waals surface area (Å²) < 4.78 is 11.7. The van der Waals surface area contributed by atoms with Crippen LogP contribution in [0.3, 0.4) is 0 Å². The second-order valence-corrected chi connectivity index (χ2v) is 10.1. The van der Waals surface area contributed by atoms with E-state index < -0.39 is 30.1 Å². The zero-order valence-corrected chi connectivity index (χ0v) is 21.7. The Morgan fingerprint density at radius 2 is 2.00 bits per heavy atom. The first-order valence-electron chi connectivity index (χ1n) is 13.4. The van der Waals surface area contributed by atoms with Gasteiger partial charge < -0.3 is 29.9 Å². The number of hydrogen-bond donors (Lipinski definition) is 3. The highest BCUT2D eigenvalue weighted by atomic mass is 16.5. The van der Waals surface area contributed by atoms with Crippen molar-refractivity contribution in [2.24, 2.45) is 0 Å². The van der Waals surface area contributed by atoms with Crippen LogP contribution in [0.4, 0.5) is 0 Å². The van der Waals surface area contributed by atoms with E-state index in [1.807, 2.05) is 6.92 Å². The quantitative estimate of drug-likeness (QED) is 0.410. The molecule has 1 aliphatic heterocycles. The van der Waals surface area contributed by atoms with Gasteiger partial charge in [-0.05, 0) is 37.5 Å². The van der Waals surface area contributed by atoms with Gasteiger partial charge in [-0.1, -0.05) is 32.6 Å². The van der Waals surface area contributed by atoms with Gasteiger partial charge in [0.15, 0.2) is 11.5 Å². The minimum absolute atomic E-state index is 0.0210. The molecule has 0 saturated heterocycles. The smallest absolute Gasteiger partial charge is 0.247 e. The summed E-state index contributed by atoms with van der Waals surface area (Å²) in [5.41, 5.74) is 1.29. The average Bonchev–Trinajstić information content (AvgIpc) is 3.32. The number of unbranched alkanes of at least 4 members (excludes halogenated alkanes) is 1. The Balaban J connectivity index is 1.80. The third-order valence-corrected chi connectivity index (χ3v) is 7.73. The molecular weight excluding hydrogens is 476 g/mol. The van der Waals surface area contributed by atoms with Gasteiger partial charge in [0, 0.05) is 35.7 Å². The molecule has 1 heterocycles. The van der Waals surface area contributed by atoms with Gasteiger partial charge in [-0.15, -0.1) is 0 Å². The number of rotatable bonds is 10. The van der Waals surface area contributed by atoms with Gasteiger partial charge in [-0.25, -0.2) is 0 Å². The van der Waals surface area contributed by atoms with Crippen LogP contribution in [0.15, 0.2) is 23.8 Å². The van der Waals surface area contributed by atoms with E-state index in [0.29, 0.717) is 40.9 Å². The molecule has 0 unspecified atom stereocenters. The van der Waals surface area contributed by atoms with Crippen LogP contribution in [0.2, 0.25) is 0 Å². The Kier molecular flexibility index (Phi) is 8.87. The van der Waals surface area contributed by atoms with Crippen molar-refractivity contribution in [3.63, 3.8) is 0 Å². The summed E-state index contributed by atoms with van der Waals surface area (Å²) in [6, 6.07) is 2.45. The molecule has 2 amide bonds. The number of hydrogen-bond acceptors (Lipinski definition) is 7. The Labute approximate surface area is 217 Å². The SMILES string of the molecule is CCCCC(=O)N(C1CCCCC1)[C@@H]1C=C(C(=O)NCCO)[C@@H]2c3cc(C=O)cc(OC)c3O[C@@H]2[C@H]1O. The topological polar surface area (TPSA) is 125 Å². The van der Waals surface area contributed by atoms with Crippen molar-refractivity contribution in [1.82, 2.24) is 10.2 Å². The number of nitrogens with one attached hydrogen (secondary N) is 1. The normalized spacial score (nSPS) is 24.8. The van der Waals surface area contributed by atoms with Gasteiger partial charge in [0.05, 0.1) is 25.7 Å². The van der Waals surface area contributed by atoms with Crippen molar-refractivity contribution < 1.29 is 34.1 Å². The maximum absolute atomic E-state index is 13.5. The molecule has 9 heteroatoms. The van der Waals surface area contributed by atoms with Gasteiger partial charge in [-0.3, -0.25) is 14.4 Å². The number of methoxy groups -OCH3 is 1. The van der Waals surface area contributed by atoms with Crippen LogP contribution in [0.5, 0.6) is 11.5 Å². The van der Waals surface area contributed by atoms with Crippen LogP contribution in [-0.4, -0.2) is 77.8 Å². The Bertz CT molecular complexity index is 1030. The summed E-state index contributed by atoms with van der Waals surface area (Å²) in [4.78, 5) is 40.3. The number of carbonyl (C=O) groups excluding carboxylic acids is 3. The highest BCUT2D eigenvalue weighted by molar-refractivity contribution is 5.96. The van der Waals surface area contributed by atoms with Crippen molar-refractivity contribution in [2.45, 2.75) is 88.5 Å². The summed E-state index contributed by atoms with van der Waals surface area (Å²) >= 11 is 0. The summed E-state index contributed by atoms with van der Waals surface area (Å²) in [7, 11) is 1.47. The summed E-state index contributed by atoms with van der Waals surface area (Å²) in [6.07, 6.45) is 7.32. The fourth-order valence-corrected chi connectivity index (χ4v) is 5.96. The molecule has 0 spiro atoms. The van der Waals surface area contributed by atoms with Gasteiger partial charge in [0.1, 0.15) is 18.5 Å². The Morgan fingerprint density at radius 1 is 1.24 bits per heavy atom. The molecule has 9 nitrogen and oxygen atoms in total. The molecule has 4 atom stereocenters. The largest absolute Gasteiger partial charge is 0.493 e. The second kappa shape index (κ2) is 12.1. The van der Waals surface area contributed by atoms with Crippen molar-refractivity contribution >= 4 is 18.1 Å². The number of aliphatic hydroxyl groups is 2. The Hall–Kier alpha value is -2.91. The van der Waals surface area contributed by atoms with Crippen LogP contribution in [-0.2, 0) is 9.59 Å². The minimum Gasteiger partial charge on any atom is -0.493 e. The molecule has 0 aromatic heterocycles. The number of benzene rings is 1. The van der Waals surface area contributed by atoms with E-state index in [2.05, 4.69) is 5.32 Å². The second-order valence-electron chi connectivity index (χ2n) is 10.1. The molecule has 1 saturated carbocycles. The first-order chi connectivity index (χ1) is 17.9.